The first-order valence-electron chi connectivity index (χ1n) is 8.71. The molecule has 3 aromatic rings. The van der Waals surface area contributed by atoms with E-state index in [9.17, 15) is 0 Å². The normalized spacial score (nSPS) is 17.7. The molecular formula is C20H18ClN5S. The van der Waals surface area contributed by atoms with Gasteiger partial charge in [0.15, 0.2) is 0 Å². The molecule has 0 amide bonds. The van der Waals surface area contributed by atoms with Crippen LogP contribution in [0.2, 0.25) is 5.02 Å². The minimum Gasteiger partial charge on any atom is -0.378 e. The SMILES string of the molecule is CN(C)c1ccc(C2C3=C(Nc4ncnn42)c2cc(Cl)ccc2SC3)cc1. The van der Waals surface area contributed by atoms with Gasteiger partial charge in [-0.15, -0.1) is 11.8 Å². The van der Waals surface area contributed by atoms with E-state index in [1.807, 2.05) is 42.7 Å². The molecule has 1 aromatic heterocycles. The Morgan fingerprint density at radius 2 is 2.00 bits per heavy atom. The Morgan fingerprint density at radius 1 is 1.19 bits per heavy atom. The van der Waals surface area contributed by atoms with E-state index in [1.165, 1.54) is 21.7 Å². The van der Waals surface area contributed by atoms with Crippen molar-refractivity contribution < 1.29 is 0 Å². The van der Waals surface area contributed by atoms with Crippen LogP contribution in [-0.4, -0.2) is 34.6 Å². The van der Waals surface area contributed by atoms with Crippen LogP contribution in [0.1, 0.15) is 17.2 Å². The van der Waals surface area contributed by atoms with Gasteiger partial charge in [-0.2, -0.15) is 10.1 Å². The van der Waals surface area contributed by atoms with E-state index in [2.05, 4.69) is 50.6 Å². The zero-order valence-corrected chi connectivity index (χ0v) is 16.6. The summed E-state index contributed by atoms with van der Waals surface area (Å²) in [6.45, 7) is 0. The van der Waals surface area contributed by atoms with E-state index in [1.54, 1.807) is 6.33 Å². The smallest absolute Gasteiger partial charge is 0.226 e. The Bertz CT molecular complexity index is 1050. The summed E-state index contributed by atoms with van der Waals surface area (Å²) in [6.07, 6.45) is 1.61. The molecule has 0 saturated carbocycles. The van der Waals surface area contributed by atoms with E-state index in [-0.39, 0.29) is 6.04 Å². The van der Waals surface area contributed by atoms with E-state index in [0.29, 0.717) is 0 Å². The third-order valence-electron chi connectivity index (χ3n) is 5.02. The van der Waals surface area contributed by atoms with Crippen molar-refractivity contribution in [2.75, 3.05) is 30.1 Å². The molecule has 0 saturated heterocycles. The summed E-state index contributed by atoms with van der Waals surface area (Å²) in [7, 11) is 4.10. The van der Waals surface area contributed by atoms with Crippen LogP contribution in [0.15, 0.2) is 59.3 Å². The summed E-state index contributed by atoms with van der Waals surface area (Å²) in [5.74, 6) is 1.66. The maximum absolute atomic E-state index is 6.29. The van der Waals surface area contributed by atoms with Crippen molar-refractivity contribution in [3.8, 4) is 0 Å². The second-order valence-electron chi connectivity index (χ2n) is 6.87. The van der Waals surface area contributed by atoms with Gasteiger partial charge in [-0.05, 0) is 41.5 Å². The van der Waals surface area contributed by atoms with Gasteiger partial charge in [-0.3, -0.25) is 0 Å². The number of hydrogen-bond donors (Lipinski definition) is 1. The number of anilines is 2. The number of rotatable bonds is 2. The van der Waals surface area contributed by atoms with Crippen LogP contribution in [0.4, 0.5) is 11.6 Å². The van der Waals surface area contributed by atoms with Gasteiger partial charge in [0.1, 0.15) is 12.4 Å². The summed E-state index contributed by atoms with van der Waals surface area (Å²) in [4.78, 5) is 7.76. The van der Waals surface area contributed by atoms with Crippen molar-refractivity contribution in [3.63, 3.8) is 0 Å². The van der Waals surface area contributed by atoms with Crippen LogP contribution in [0, 0.1) is 0 Å². The molecule has 5 nitrogen and oxygen atoms in total. The lowest BCUT2D eigenvalue weighted by Gasteiger charge is -2.34. The molecule has 0 fully saturated rings. The highest BCUT2D eigenvalue weighted by molar-refractivity contribution is 7.99. The fourth-order valence-corrected chi connectivity index (χ4v) is 4.94. The molecular weight excluding hydrogens is 378 g/mol. The number of fused-ring (bicyclic) bond motifs is 3. The minimum atomic E-state index is 0.0228. The molecule has 136 valence electrons. The summed E-state index contributed by atoms with van der Waals surface area (Å²) in [6, 6.07) is 14.7. The van der Waals surface area contributed by atoms with Crippen LogP contribution >= 0.6 is 23.4 Å². The van der Waals surface area contributed by atoms with Gasteiger partial charge in [-0.1, -0.05) is 23.7 Å². The molecule has 5 rings (SSSR count). The third kappa shape index (κ3) is 2.71. The number of benzene rings is 2. The van der Waals surface area contributed by atoms with E-state index < -0.39 is 0 Å². The van der Waals surface area contributed by atoms with E-state index in [0.717, 1.165) is 28.0 Å². The first kappa shape index (κ1) is 16.7. The van der Waals surface area contributed by atoms with Crippen LogP contribution in [0.25, 0.3) is 5.70 Å². The topological polar surface area (TPSA) is 46.0 Å². The largest absolute Gasteiger partial charge is 0.378 e. The maximum Gasteiger partial charge on any atom is 0.226 e. The highest BCUT2D eigenvalue weighted by Crippen LogP contribution is 2.46. The molecule has 1 atom stereocenters. The van der Waals surface area contributed by atoms with Gasteiger partial charge in [0.2, 0.25) is 5.95 Å². The van der Waals surface area contributed by atoms with Gasteiger partial charge < -0.3 is 10.2 Å². The summed E-state index contributed by atoms with van der Waals surface area (Å²) >= 11 is 8.13. The van der Waals surface area contributed by atoms with Gasteiger partial charge in [0.25, 0.3) is 0 Å². The van der Waals surface area contributed by atoms with Crippen molar-refractivity contribution in [3.05, 3.63) is 70.5 Å². The Kier molecular flexibility index (Phi) is 3.91. The quantitative estimate of drug-likeness (QED) is 0.690. The minimum absolute atomic E-state index is 0.0228. The van der Waals surface area contributed by atoms with Crippen LogP contribution in [0.5, 0.6) is 0 Å². The maximum atomic E-state index is 6.29. The van der Waals surface area contributed by atoms with Gasteiger partial charge in [0.05, 0.1) is 5.70 Å². The number of aromatic nitrogens is 3. The molecule has 2 aliphatic heterocycles. The third-order valence-corrected chi connectivity index (χ3v) is 6.38. The molecule has 2 aromatic carbocycles. The standard InChI is InChI=1S/C20H18ClN5S/c1-25(2)14-6-3-12(4-7-14)19-16-10-27-17-8-5-13(21)9-15(17)18(16)24-20-22-11-23-26(19)20/h3-9,11,19H,10H2,1-2H3,(H,22,23,24). The van der Waals surface area contributed by atoms with Crippen molar-refractivity contribution in [1.82, 2.24) is 14.8 Å². The molecule has 7 heteroatoms. The fourth-order valence-electron chi connectivity index (χ4n) is 3.67. The Labute approximate surface area is 167 Å². The predicted octanol–water partition coefficient (Wildman–Crippen LogP) is 4.53. The van der Waals surface area contributed by atoms with E-state index >= 15 is 0 Å². The number of thioether (sulfide) groups is 1. The molecule has 3 heterocycles. The first-order chi connectivity index (χ1) is 13.1. The van der Waals surface area contributed by atoms with Gasteiger partial charge in [-0.25, -0.2) is 4.68 Å². The van der Waals surface area contributed by atoms with Gasteiger partial charge >= 0.3 is 0 Å². The van der Waals surface area contributed by atoms with Crippen molar-refractivity contribution in [2.45, 2.75) is 10.9 Å². The Hall–Kier alpha value is -2.44. The van der Waals surface area contributed by atoms with Crippen LogP contribution < -0.4 is 10.2 Å². The second kappa shape index (κ2) is 6.32. The summed E-state index contributed by atoms with van der Waals surface area (Å²) < 4.78 is 1.97. The van der Waals surface area contributed by atoms with Crippen molar-refractivity contribution in [1.29, 1.82) is 0 Å². The molecule has 0 bridgehead atoms. The van der Waals surface area contributed by atoms with Crippen LogP contribution in [-0.2, 0) is 0 Å². The number of nitrogens with one attached hydrogen (secondary N) is 1. The molecule has 2 aliphatic rings. The van der Waals surface area contributed by atoms with Crippen LogP contribution in [0.3, 0.4) is 0 Å². The molecule has 1 N–H and O–H groups in total. The lowest BCUT2D eigenvalue weighted by molar-refractivity contribution is 0.585. The summed E-state index contributed by atoms with van der Waals surface area (Å²) in [5.41, 5.74) is 5.92. The van der Waals surface area contributed by atoms with E-state index in [4.69, 9.17) is 11.6 Å². The Balaban J connectivity index is 1.68. The monoisotopic (exact) mass is 395 g/mol. The molecule has 0 radical (unpaired) electrons. The number of halogens is 1. The predicted molar refractivity (Wildman–Crippen MR) is 112 cm³/mol. The lowest BCUT2D eigenvalue weighted by Crippen LogP contribution is -2.27. The highest BCUT2D eigenvalue weighted by atomic mass is 35.5. The first-order valence-corrected chi connectivity index (χ1v) is 10.1. The summed E-state index contributed by atoms with van der Waals surface area (Å²) in [5, 5.41) is 8.72. The molecule has 1 unspecified atom stereocenters. The fraction of sp³-hybridized carbons (Fsp3) is 0.200. The highest BCUT2D eigenvalue weighted by Gasteiger charge is 2.34. The van der Waals surface area contributed by atoms with Gasteiger partial charge in [0, 0.05) is 41.0 Å². The molecule has 0 spiro atoms. The van der Waals surface area contributed by atoms with Crippen molar-refractivity contribution >= 4 is 40.7 Å². The Morgan fingerprint density at radius 3 is 2.78 bits per heavy atom. The zero-order valence-electron chi connectivity index (χ0n) is 15.0. The number of hydrogen-bond acceptors (Lipinski definition) is 5. The number of nitrogens with zero attached hydrogens (tertiary/aromatic N) is 4. The zero-order chi connectivity index (χ0) is 18.5. The molecule has 0 aliphatic carbocycles. The molecule has 27 heavy (non-hydrogen) atoms. The average Bonchev–Trinajstić information content (AvgIpc) is 3.14. The lowest BCUT2D eigenvalue weighted by atomic mass is 9.93. The second-order valence-corrected chi connectivity index (χ2v) is 8.32. The average molecular weight is 396 g/mol. The van der Waals surface area contributed by atoms with Crippen molar-refractivity contribution in [2.24, 2.45) is 0 Å².